The molecule has 1 aromatic heterocycles. The summed E-state index contributed by atoms with van der Waals surface area (Å²) in [4.78, 5) is 4.26. The molecule has 0 aliphatic rings. The largest absolute Gasteiger partial charge is 0.330 e. The molecule has 72 valence electrons. The van der Waals surface area contributed by atoms with Crippen LogP contribution in [0.4, 0.5) is 0 Å². The molecular formula is C10H17N3. The molecule has 2 atom stereocenters. The van der Waals surface area contributed by atoms with Crippen molar-refractivity contribution in [2.75, 3.05) is 6.54 Å². The van der Waals surface area contributed by atoms with E-state index >= 15 is 0 Å². The van der Waals surface area contributed by atoms with Crippen LogP contribution in [0.15, 0.2) is 24.4 Å². The van der Waals surface area contributed by atoms with Gasteiger partial charge in [0, 0.05) is 30.4 Å². The predicted molar refractivity (Wildman–Crippen MR) is 54.3 cm³/mol. The van der Waals surface area contributed by atoms with Crippen molar-refractivity contribution in [1.82, 2.24) is 4.98 Å². The fraction of sp³-hybridized carbons (Fsp3) is 0.500. The van der Waals surface area contributed by atoms with Crippen molar-refractivity contribution in [3.05, 3.63) is 30.1 Å². The monoisotopic (exact) mass is 179 g/mol. The van der Waals surface area contributed by atoms with Gasteiger partial charge in [-0.15, -0.1) is 0 Å². The third-order valence-electron chi connectivity index (χ3n) is 2.31. The van der Waals surface area contributed by atoms with Crippen molar-refractivity contribution in [3.8, 4) is 0 Å². The van der Waals surface area contributed by atoms with Crippen molar-refractivity contribution in [2.24, 2.45) is 11.5 Å². The van der Waals surface area contributed by atoms with Gasteiger partial charge in [-0.2, -0.15) is 0 Å². The molecule has 1 rings (SSSR count). The molecule has 13 heavy (non-hydrogen) atoms. The van der Waals surface area contributed by atoms with E-state index in [4.69, 9.17) is 11.5 Å². The minimum Gasteiger partial charge on any atom is -0.330 e. The standard InChI is InChI=1S/C10H17N3/c1-2-9(12)8(7-11)10-5-3-4-6-13-10/h3-6,8-9H,2,7,11-12H2,1H3. The number of pyridine rings is 1. The molecule has 3 nitrogen and oxygen atoms in total. The lowest BCUT2D eigenvalue weighted by atomic mass is 9.94. The van der Waals surface area contributed by atoms with Gasteiger partial charge >= 0.3 is 0 Å². The van der Waals surface area contributed by atoms with Crippen LogP contribution in [0.1, 0.15) is 25.0 Å². The Morgan fingerprint density at radius 1 is 1.46 bits per heavy atom. The second kappa shape index (κ2) is 4.94. The lowest BCUT2D eigenvalue weighted by molar-refractivity contribution is 0.514. The highest BCUT2D eigenvalue weighted by atomic mass is 14.8. The van der Waals surface area contributed by atoms with Crippen molar-refractivity contribution >= 4 is 0 Å². The van der Waals surface area contributed by atoms with Gasteiger partial charge in [0.05, 0.1) is 0 Å². The van der Waals surface area contributed by atoms with Gasteiger partial charge in [0.15, 0.2) is 0 Å². The molecule has 3 heteroatoms. The van der Waals surface area contributed by atoms with Gasteiger partial charge in [0.2, 0.25) is 0 Å². The third-order valence-corrected chi connectivity index (χ3v) is 2.31. The number of aromatic nitrogens is 1. The quantitative estimate of drug-likeness (QED) is 0.720. The Balaban J connectivity index is 2.78. The molecule has 1 aromatic rings. The molecule has 2 unspecified atom stereocenters. The summed E-state index contributed by atoms with van der Waals surface area (Å²) in [5, 5.41) is 0. The summed E-state index contributed by atoms with van der Waals surface area (Å²) >= 11 is 0. The SMILES string of the molecule is CCC(N)C(CN)c1ccccn1. The molecule has 0 saturated heterocycles. The number of hydrogen-bond acceptors (Lipinski definition) is 3. The van der Waals surface area contributed by atoms with Crippen LogP contribution in [0.2, 0.25) is 0 Å². The fourth-order valence-electron chi connectivity index (χ4n) is 1.39. The maximum atomic E-state index is 5.94. The first-order chi connectivity index (χ1) is 6.29. The Labute approximate surface area is 79.2 Å². The lowest BCUT2D eigenvalue weighted by Crippen LogP contribution is -2.33. The Bertz CT molecular complexity index is 235. The van der Waals surface area contributed by atoms with Crippen molar-refractivity contribution < 1.29 is 0 Å². The second-order valence-corrected chi connectivity index (χ2v) is 3.17. The highest BCUT2D eigenvalue weighted by Crippen LogP contribution is 2.16. The highest BCUT2D eigenvalue weighted by molar-refractivity contribution is 5.12. The van der Waals surface area contributed by atoms with E-state index in [1.807, 2.05) is 18.2 Å². The van der Waals surface area contributed by atoms with Gasteiger partial charge < -0.3 is 11.5 Å². The second-order valence-electron chi connectivity index (χ2n) is 3.17. The molecule has 0 aliphatic carbocycles. The van der Waals surface area contributed by atoms with Crippen LogP contribution in [0.5, 0.6) is 0 Å². The first-order valence-corrected chi connectivity index (χ1v) is 4.66. The molecule has 0 aromatic carbocycles. The van der Waals surface area contributed by atoms with E-state index in [9.17, 15) is 0 Å². The molecule has 0 saturated carbocycles. The molecule has 0 bridgehead atoms. The highest BCUT2D eigenvalue weighted by Gasteiger charge is 2.17. The van der Waals surface area contributed by atoms with Gasteiger partial charge in [0.25, 0.3) is 0 Å². The van der Waals surface area contributed by atoms with Crippen LogP contribution in [0.25, 0.3) is 0 Å². The average molecular weight is 179 g/mol. The summed E-state index contributed by atoms with van der Waals surface area (Å²) in [6.45, 7) is 2.63. The van der Waals surface area contributed by atoms with E-state index in [0.717, 1.165) is 12.1 Å². The fourth-order valence-corrected chi connectivity index (χ4v) is 1.39. The minimum absolute atomic E-state index is 0.111. The summed E-state index contributed by atoms with van der Waals surface area (Å²) in [5.74, 6) is 0.186. The van der Waals surface area contributed by atoms with Crippen LogP contribution < -0.4 is 11.5 Å². The van der Waals surface area contributed by atoms with Crippen molar-refractivity contribution in [1.29, 1.82) is 0 Å². The van der Waals surface area contributed by atoms with Gasteiger partial charge in [-0.3, -0.25) is 4.98 Å². The summed E-state index contributed by atoms with van der Waals surface area (Å²) in [5.41, 5.74) is 12.6. The number of nitrogens with zero attached hydrogens (tertiary/aromatic N) is 1. The molecule has 0 spiro atoms. The van der Waals surface area contributed by atoms with Crippen molar-refractivity contribution in [2.45, 2.75) is 25.3 Å². The van der Waals surface area contributed by atoms with E-state index in [1.165, 1.54) is 0 Å². The molecule has 4 N–H and O–H groups in total. The van der Waals surface area contributed by atoms with Crippen molar-refractivity contribution in [3.63, 3.8) is 0 Å². The molecule has 1 heterocycles. The first-order valence-electron chi connectivity index (χ1n) is 4.66. The normalized spacial score (nSPS) is 15.3. The zero-order valence-electron chi connectivity index (χ0n) is 7.98. The smallest absolute Gasteiger partial charge is 0.0462 e. The summed E-state index contributed by atoms with van der Waals surface area (Å²) < 4.78 is 0. The van der Waals surface area contributed by atoms with E-state index in [-0.39, 0.29) is 12.0 Å². The number of nitrogens with two attached hydrogens (primary N) is 2. The van der Waals surface area contributed by atoms with Gasteiger partial charge in [-0.05, 0) is 18.6 Å². The maximum absolute atomic E-state index is 5.94. The number of hydrogen-bond donors (Lipinski definition) is 2. The summed E-state index contributed by atoms with van der Waals surface area (Å²) in [6, 6.07) is 5.95. The molecular weight excluding hydrogens is 162 g/mol. The molecule has 0 amide bonds. The van der Waals surface area contributed by atoms with Crippen LogP contribution in [-0.4, -0.2) is 17.6 Å². The van der Waals surface area contributed by atoms with E-state index in [0.29, 0.717) is 6.54 Å². The van der Waals surface area contributed by atoms with Crippen LogP contribution >= 0.6 is 0 Å². The Kier molecular flexibility index (Phi) is 3.86. The van der Waals surface area contributed by atoms with E-state index in [1.54, 1.807) is 6.20 Å². The molecule has 0 radical (unpaired) electrons. The Hall–Kier alpha value is -0.930. The van der Waals surface area contributed by atoms with E-state index in [2.05, 4.69) is 11.9 Å². The summed E-state index contributed by atoms with van der Waals surface area (Å²) in [7, 11) is 0. The van der Waals surface area contributed by atoms with Crippen LogP contribution in [0, 0.1) is 0 Å². The maximum Gasteiger partial charge on any atom is 0.0462 e. The topological polar surface area (TPSA) is 64.9 Å². The van der Waals surface area contributed by atoms with Gasteiger partial charge in [0.1, 0.15) is 0 Å². The van der Waals surface area contributed by atoms with Crippen LogP contribution in [0.3, 0.4) is 0 Å². The average Bonchev–Trinajstić information content (AvgIpc) is 2.20. The Morgan fingerprint density at radius 3 is 2.69 bits per heavy atom. The summed E-state index contributed by atoms with van der Waals surface area (Å²) in [6.07, 6.45) is 2.71. The van der Waals surface area contributed by atoms with E-state index < -0.39 is 0 Å². The zero-order valence-corrected chi connectivity index (χ0v) is 7.98. The van der Waals surface area contributed by atoms with Gasteiger partial charge in [-0.25, -0.2) is 0 Å². The van der Waals surface area contributed by atoms with Crippen LogP contribution in [-0.2, 0) is 0 Å². The van der Waals surface area contributed by atoms with Gasteiger partial charge in [-0.1, -0.05) is 13.0 Å². The molecule has 0 aliphatic heterocycles. The lowest BCUT2D eigenvalue weighted by Gasteiger charge is -2.20. The first kappa shape index (κ1) is 10.2. The minimum atomic E-state index is 0.111. The zero-order chi connectivity index (χ0) is 9.68. The predicted octanol–water partition coefficient (Wildman–Crippen LogP) is 0.861. The Morgan fingerprint density at radius 2 is 2.23 bits per heavy atom. The number of rotatable bonds is 4. The third kappa shape index (κ3) is 2.50. The molecule has 0 fully saturated rings.